The molecule has 2 aliphatic rings. The molecule has 0 saturated carbocycles. The molecular weight excluding hydrogens is 417 g/mol. The van der Waals surface area contributed by atoms with Gasteiger partial charge < -0.3 is 15.4 Å². The number of methoxy groups -OCH3 is 1. The molecular formula is C20H33Cl2N3O2S. The molecule has 2 saturated heterocycles. The average Bonchev–Trinajstić information content (AvgIpc) is 2.67. The lowest BCUT2D eigenvalue weighted by molar-refractivity contribution is -0.130. The predicted molar refractivity (Wildman–Crippen MR) is 123 cm³/mol. The second kappa shape index (κ2) is 12.3. The molecule has 0 aliphatic carbocycles. The predicted octanol–water partition coefficient (Wildman–Crippen LogP) is 3.34. The first-order chi connectivity index (χ1) is 12.6. The van der Waals surface area contributed by atoms with E-state index in [2.05, 4.69) is 34.6 Å². The lowest BCUT2D eigenvalue weighted by atomic mass is 9.78. The molecule has 28 heavy (non-hydrogen) atoms. The quantitative estimate of drug-likeness (QED) is 0.697. The van der Waals surface area contributed by atoms with Gasteiger partial charge in [0.1, 0.15) is 0 Å². The first kappa shape index (κ1) is 25.5. The van der Waals surface area contributed by atoms with Crippen LogP contribution in [0.4, 0.5) is 5.69 Å². The number of nitrogens with one attached hydrogen (secondary N) is 2. The van der Waals surface area contributed by atoms with Crippen molar-refractivity contribution in [2.24, 2.45) is 5.41 Å². The number of thioether (sulfide) groups is 1. The summed E-state index contributed by atoms with van der Waals surface area (Å²) in [6, 6.07) is 6.26. The number of piperidine rings is 1. The second-order valence-corrected chi connectivity index (χ2v) is 8.62. The Morgan fingerprint density at radius 2 is 1.93 bits per heavy atom. The third-order valence-corrected chi connectivity index (χ3v) is 6.60. The Balaban J connectivity index is 0.00000196. The van der Waals surface area contributed by atoms with Crippen molar-refractivity contribution in [3.05, 3.63) is 29.3 Å². The van der Waals surface area contributed by atoms with Crippen LogP contribution in [0.2, 0.25) is 0 Å². The van der Waals surface area contributed by atoms with E-state index in [1.165, 1.54) is 22.6 Å². The SMILES string of the molecule is COCC1(C(=O)Nc2cccc(CN3CCSCC3)c2C)CCNCC1.Cl.Cl. The highest BCUT2D eigenvalue weighted by Gasteiger charge is 2.39. The van der Waals surface area contributed by atoms with E-state index in [1.54, 1.807) is 7.11 Å². The number of carbonyl (C=O) groups excluding carboxylic acids is 1. The molecule has 0 radical (unpaired) electrons. The van der Waals surface area contributed by atoms with Gasteiger partial charge in [-0.25, -0.2) is 0 Å². The molecule has 2 heterocycles. The largest absolute Gasteiger partial charge is 0.384 e. The summed E-state index contributed by atoms with van der Waals surface area (Å²) in [4.78, 5) is 15.6. The van der Waals surface area contributed by atoms with Crippen LogP contribution in [0, 0.1) is 12.3 Å². The molecule has 0 unspecified atom stereocenters. The first-order valence-corrected chi connectivity index (χ1v) is 10.7. The number of ether oxygens (including phenoxy) is 1. The summed E-state index contributed by atoms with van der Waals surface area (Å²) >= 11 is 2.03. The summed E-state index contributed by atoms with van der Waals surface area (Å²) < 4.78 is 5.40. The normalized spacial score (nSPS) is 19.2. The summed E-state index contributed by atoms with van der Waals surface area (Å²) in [7, 11) is 1.68. The van der Waals surface area contributed by atoms with Crippen LogP contribution >= 0.6 is 36.6 Å². The van der Waals surface area contributed by atoms with Crippen LogP contribution in [0.5, 0.6) is 0 Å². The van der Waals surface area contributed by atoms with E-state index in [0.717, 1.165) is 51.3 Å². The lowest BCUT2D eigenvalue weighted by Gasteiger charge is -2.35. The fraction of sp³-hybridized carbons (Fsp3) is 0.650. The zero-order chi connectivity index (χ0) is 18.4. The summed E-state index contributed by atoms with van der Waals surface area (Å²) in [5.41, 5.74) is 3.00. The maximum absolute atomic E-state index is 13.1. The molecule has 0 spiro atoms. The van der Waals surface area contributed by atoms with Gasteiger partial charge in [0.2, 0.25) is 5.91 Å². The van der Waals surface area contributed by atoms with Gasteiger partial charge in [0.15, 0.2) is 0 Å². The monoisotopic (exact) mass is 449 g/mol. The van der Waals surface area contributed by atoms with E-state index >= 15 is 0 Å². The van der Waals surface area contributed by atoms with Crippen molar-refractivity contribution in [1.29, 1.82) is 0 Å². The summed E-state index contributed by atoms with van der Waals surface area (Å²) in [6.45, 7) is 7.57. The van der Waals surface area contributed by atoms with Crippen molar-refractivity contribution in [2.45, 2.75) is 26.3 Å². The van der Waals surface area contributed by atoms with Gasteiger partial charge in [0.25, 0.3) is 0 Å². The van der Waals surface area contributed by atoms with E-state index in [4.69, 9.17) is 4.74 Å². The zero-order valence-electron chi connectivity index (χ0n) is 16.8. The zero-order valence-corrected chi connectivity index (χ0v) is 19.2. The van der Waals surface area contributed by atoms with Gasteiger partial charge in [-0.1, -0.05) is 12.1 Å². The molecule has 8 heteroatoms. The number of rotatable bonds is 6. The number of amides is 1. The molecule has 0 aromatic heterocycles. The van der Waals surface area contributed by atoms with Crippen molar-refractivity contribution in [2.75, 3.05) is 56.7 Å². The highest BCUT2D eigenvalue weighted by molar-refractivity contribution is 7.99. The highest BCUT2D eigenvalue weighted by Crippen LogP contribution is 2.32. The molecule has 1 aromatic rings. The van der Waals surface area contributed by atoms with E-state index in [-0.39, 0.29) is 30.7 Å². The van der Waals surface area contributed by atoms with Crippen molar-refractivity contribution in [1.82, 2.24) is 10.2 Å². The standard InChI is InChI=1S/C20H31N3O2S.2ClH/c1-16-17(14-23-10-12-26-13-11-23)4-3-5-18(16)22-19(24)20(15-25-2)6-8-21-9-7-20;;/h3-5,21H,6-15H2,1-2H3,(H,22,24);2*1H. The number of carbonyl (C=O) groups is 1. The van der Waals surface area contributed by atoms with Crippen LogP contribution < -0.4 is 10.6 Å². The van der Waals surface area contributed by atoms with Crippen molar-refractivity contribution in [3.8, 4) is 0 Å². The lowest BCUT2D eigenvalue weighted by Crippen LogP contribution is -2.47. The molecule has 1 aromatic carbocycles. The van der Waals surface area contributed by atoms with Crippen molar-refractivity contribution < 1.29 is 9.53 Å². The summed E-state index contributed by atoms with van der Waals surface area (Å²) in [5, 5.41) is 6.55. The number of halogens is 2. The van der Waals surface area contributed by atoms with Crippen molar-refractivity contribution in [3.63, 3.8) is 0 Å². The highest BCUT2D eigenvalue weighted by atomic mass is 35.5. The maximum Gasteiger partial charge on any atom is 0.233 e. The van der Waals surface area contributed by atoms with Crippen molar-refractivity contribution >= 4 is 48.2 Å². The fourth-order valence-corrected chi connectivity index (χ4v) is 4.84. The van der Waals surface area contributed by atoms with Gasteiger partial charge >= 0.3 is 0 Å². The van der Waals surface area contributed by atoms with E-state index < -0.39 is 5.41 Å². The Hall–Kier alpha value is -0.500. The molecule has 2 fully saturated rings. The molecule has 1 amide bonds. The smallest absolute Gasteiger partial charge is 0.233 e. The maximum atomic E-state index is 13.1. The molecule has 5 nitrogen and oxygen atoms in total. The van der Waals surface area contributed by atoms with Crippen LogP contribution in [0.1, 0.15) is 24.0 Å². The van der Waals surface area contributed by atoms with Crippen LogP contribution in [0.15, 0.2) is 18.2 Å². The number of hydrogen-bond donors (Lipinski definition) is 2. The van der Waals surface area contributed by atoms with Gasteiger partial charge in [0.05, 0.1) is 12.0 Å². The number of hydrogen-bond acceptors (Lipinski definition) is 5. The van der Waals surface area contributed by atoms with Gasteiger partial charge in [-0.15, -0.1) is 24.8 Å². The number of benzene rings is 1. The summed E-state index contributed by atoms with van der Waals surface area (Å²) in [5.74, 6) is 2.52. The molecule has 0 bridgehead atoms. The van der Waals surface area contributed by atoms with Gasteiger partial charge in [0, 0.05) is 43.9 Å². The first-order valence-electron chi connectivity index (χ1n) is 9.54. The minimum Gasteiger partial charge on any atom is -0.384 e. The molecule has 2 N–H and O–H groups in total. The number of nitrogens with zero attached hydrogens (tertiary/aromatic N) is 1. The second-order valence-electron chi connectivity index (χ2n) is 7.40. The molecule has 3 rings (SSSR count). The van der Waals surface area contributed by atoms with Gasteiger partial charge in [-0.2, -0.15) is 11.8 Å². The van der Waals surface area contributed by atoms with E-state index in [0.29, 0.717) is 6.61 Å². The Morgan fingerprint density at radius 1 is 1.25 bits per heavy atom. The third kappa shape index (κ3) is 6.25. The fourth-order valence-electron chi connectivity index (χ4n) is 3.86. The minimum absolute atomic E-state index is 0. The Labute approximate surface area is 185 Å². The Kier molecular flexibility index (Phi) is 11.2. The third-order valence-electron chi connectivity index (χ3n) is 5.65. The van der Waals surface area contributed by atoms with Crippen LogP contribution in [0.25, 0.3) is 0 Å². The van der Waals surface area contributed by atoms with E-state index in [9.17, 15) is 4.79 Å². The average molecular weight is 450 g/mol. The van der Waals surface area contributed by atoms with Crippen LogP contribution in [-0.4, -0.2) is 62.2 Å². The summed E-state index contributed by atoms with van der Waals surface area (Å²) in [6.07, 6.45) is 1.63. The Morgan fingerprint density at radius 3 is 2.57 bits per heavy atom. The topological polar surface area (TPSA) is 53.6 Å². The van der Waals surface area contributed by atoms with Crippen LogP contribution in [-0.2, 0) is 16.1 Å². The van der Waals surface area contributed by atoms with Gasteiger partial charge in [-0.3, -0.25) is 9.69 Å². The number of anilines is 1. The minimum atomic E-state index is -0.424. The van der Waals surface area contributed by atoms with Gasteiger partial charge in [-0.05, 0) is 50.0 Å². The molecule has 0 atom stereocenters. The van der Waals surface area contributed by atoms with E-state index in [1.807, 2.05) is 17.8 Å². The Bertz CT molecular complexity index is 616. The molecule has 2 aliphatic heterocycles. The molecule has 160 valence electrons. The van der Waals surface area contributed by atoms with Crippen LogP contribution in [0.3, 0.4) is 0 Å².